The molecule has 1 aliphatic heterocycles. The highest BCUT2D eigenvalue weighted by molar-refractivity contribution is 6.15. The van der Waals surface area contributed by atoms with Crippen LogP contribution in [0.3, 0.4) is 0 Å². The second-order valence-electron chi connectivity index (χ2n) is 14.5. The number of benzene rings is 7. The molecule has 1 aliphatic carbocycles. The molecule has 3 heterocycles. The number of hydrogen-bond donors (Lipinski definition) is 3. The first-order valence-electron chi connectivity index (χ1n) is 18.8. The quantitative estimate of drug-likeness (QED) is 0.167. The van der Waals surface area contributed by atoms with Gasteiger partial charge in [0.1, 0.15) is 22.2 Å². The standard InChI is InChI=1S/C49H37N3O2/c1-3-13-31(14-4-1)47-50-48(32-15-5-2-6-16-32)52-49(51-47)35-18-9-17-33(28-35)37-20-10-22-40-41-23-11-21-38(46(41)54-45(37)40)34-25-26-39-42-27-24-30-12-7-8-19-36(30)44(42)53-43(39)29-34/h1-9,11-19,21-29,47-52H,10,20H2. The van der Waals surface area contributed by atoms with Crippen LogP contribution in [0.25, 0.3) is 66.5 Å². The van der Waals surface area contributed by atoms with Crippen molar-refractivity contribution in [3.63, 3.8) is 0 Å². The van der Waals surface area contributed by atoms with Crippen LogP contribution in [0.15, 0.2) is 167 Å². The Bertz CT molecular complexity index is 2950. The van der Waals surface area contributed by atoms with Crippen LogP contribution in [0.1, 0.15) is 53.6 Å². The first-order valence-corrected chi connectivity index (χ1v) is 18.8. The Kier molecular flexibility index (Phi) is 7.37. The lowest BCUT2D eigenvalue weighted by Crippen LogP contribution is -2.54. The van der Waals surface area contributed by atoms with Crippen molar-refractivity contribution in [3.8, 4) is 11.1 Å². The first-order chi connectivity index (χ1) is 26.7. The number of hydrogen-bond acceptors (Lipinski definition) is 5. The monoisotopic (exact) mass is 699 g/mol. The molecular formula is C49H37N3O2. The Labute approximate surface area is 312 Å². The SMILES string of the molecule is C1=c2c(oc3c(-c4ccc5c(c4)oc4c6ccccc6ccc54)cccc23)=C(c2cccc(C3NC(c4ccccc4)NC(c4ccccc4)N3)c2)CC1. The van der Waals surface area contributed by atoms with Gasteiger partial charge in [-0.05, 0) is 70.3 Å². The van der Waals surface area contributed by atoms with Crippen molar-refractivity contribution < 1.29 is 8.83 Å². The van der Waals surface area contributed by atoms with Crippen LogP contribution < -0.4 is 26.6 Å². The Morgan fingerprint density at radius 2 is 1.13 bits per heavy atom. The number of furan rings is 2. The van der Waals surface area contributed by atoms with Gasteiger partial charge in [0.25, 0.3) is 0 Å². The molecule has 0 amide bonds. The summed E-state index contributed by atoms with van der Waals surface area (Å²) in [5.74, 6) is 0. The molecule has 260 valence electrons. The van der Waals surface area contributed by atoms with Gasteiger partial charge in [0.15, 0.2) is 0 Å². The summed E-state index contributed by atoms with van der Waals surface area (Å²) in [5.41, 5.74) is 11.9. The minimum atomic E-state index is -0.0785. The topological polar surface area (TPSA) is 62.4 Å². The van der Waals surface area contributed by atoms with Crippen LogP contribution in [-0.4, -0.2) is 0 Å². The van der Waals surface area contributed by atoms with E-state index in [1.807, 2.05) is 0 Å². The number of fused-ring (bicyclic) bond motifs is 8. The molecule has 11 rings (SSSR count). The van der Waals surface area contributed by atoms with Crippen LogP contribution in [0.5, 0.6) is 0 Å². The van der Waals surface area contributed by atoms with E-state index in [0.29, 0.717) is 0 Å². The molecule has 7 aromatic carbocycles. The van der Waals surface area contributed by atoms with Crippen molar-refractivity contribution in [2.75, 3.05) is 0 Å². The van der Waals surface area contributed by atoms with Gasteiger partial charge in [0.05, 0.1) is 18.5 Å². The number of rotatable bonds is 5. The molecule has 54 heavy (non-hydrogen) atoms. The zero-order chi connectivity index (χ0) is 35.6. The average molecular weight is 700 g/mol. The Balaban J connectivity index is 0.999. The van der Waals surface area contributed by atoms with E-state index in [0.717, 1.165) is 67.7 Å². The van der Waals surface area contributed by atoms with Crippen LogP contribution in [0, 0.1) is 0 Å². The molecule has 9 aromatic rings. The summed E-state index contributed by atoms with van der Waals surface area (Å²) in [5, 5.41) is 18.4. The van der Waals surface area contributed by atoms with E-state index >= 15 is 0 Å². The van der Waals surface area contributed by atoms with E-state index in [2.05, 4.69) is 180 Å². The van der Waals surface area contributed by atoms with Gasteiger partial charge < -0.3 is 8.83 Å². The molecule has 0 radical (unpaired) electrons. The summed E-state index contributed by atoms with van der Waals surface area (Å²) >= 11 is 0. The van der Waals surface area contributed by atoms with Gasteiger partial charge in [-0.2, -0.15) is 0 Å². The van der Waals surface area contributed by atoms with E-state index < -0.39 is 0 Å². The van der Waals surface area contributed by atoms with E-state index in [4.69, 9.17) is 8.83 Å². The molecule has 0 bridgehead atoms. The maximum absolute atomic E-state index is 6.97. The van der Waals surface area contributed by atoms with Crippen molar-refractivity contribution in [3.05, 3.63) is 191 Å². The van der Waals surface area contributed by atoms with Gasteiger partial charge in [-0.15, -0.1) is 0 Å². The highest BCUT2D eigenvalue weighted by Gasteiger charge is 2.30. The summed E-state index contributed by atoms with van der Waals surface area (Å²) in [6.45, 7) is 0. The third-order valence-corrected chi connectivity index (χ3v) is 11.3. The van der Waals surface area contributed by atoms with Crippen molar-refractivity contribution in [1.29, 1.82) is 0 Å². The molecule has 1 fully saturated rings. The fourth-order valence-corrected chi connectivity index (χ4v) is 8.63. The number of para-hydroxylation sites is 1. The lowest BCUT2D eigenvalue weighted by Gasteiger charge is -2.39. The molecule has 0 saturated carbocycles. The highest BCUT2D eigenvalue weighted by Crippen LogP contribution is 2.37. The zero-order valence-electron chi connectivity index (χ0n) is 29.6. The average Bonchev–Trinajstić information content (AvgIpc) is 3.83. The van der Waals surface area contributed by atoms with Crippen LogP contribution in [-0.2, 0) is 0 Å². The molecule has 3 N–H and O–H groups in total. The van der Waals surface area contributed by atoms with Crippen LogP contribution in [0.2, 0.25) is 0 Å². The van der Waals surface area contributed by atoms with Crippen molar-refractivity contribution in [1.82, 2.24) is 16.0 Å². The summed E-state index contributed by atoms with van der Waals surface area (Å²) < 4.78 is 13.5. The second-order valence-corrected chi connectivity index (χ2v) is 14.5. The van der Waals surface area contributed by atoms with Gasteiger partial charge in [-0.1, -0.05) is 140 Å². The molecule has 5 heteroatoms. The van der Waals surface area contributed by atoms with Crippen LogP contribution >= 0.6 is 0 Å². The summed E-state index contributed by atoms with van der Waals surface area (Å²) in [6.07, 6.45) is 4.09. The molecule has 5 nitrogen and oxygen atoms in total. The summed E-state index contributed by atoms with van der Waals surface area (Å²) in [7, 11) is 0. The molecule has 0 spiro atoms. The molecular weight excluding hydrogens is 663 g/mol. The summed E-state index contributed by atoms with van der Waals surface area (Å²) in [6, 6.07) is 56.0. The molecule has 2 aliphatic rings. The summed E-state index contributed by atoms with van der Waals surface area (Å²) in [4.78, 5) is 0. The van der Waals surface area contributed by atoms with E-state index in [9.17, 15) is 0 Å². The van der Waals surface area contributed by atoms with E-state index in [-0.39, 0.29) is 18.5 Å². The molecule has 2 unspecified atom stereocenters. The van der Waals surface area contributed by atoms with Gasteiger partial charge in [-0.25, -0.2) is 0 Å². The predicted octanol–water partition coefficient (Wildman–Crippen LogP) is 10.1. The zero-order valence-corrected chi connectivity index (χ0v) is 29.6. The van der Waals surface area contributed by atoms with E-state index in [1.54, 1.807) is 0 Å². The lowest BCUT2D eigenvalue weighted by atomic mass is 9.94. The van der Waals surface area contributed by atoms with Gasteiger partial charge in [0, 0.05) is 37.9 Å². The van der Waals surface area contributed by atoms with Gasteiger partial charge in [0.2, 0.25) is 0 Å². The molecule has 1 saturated heterocycles. The van der Waals surface area contributed by atoms with Crippen molar-refractivity contribution in [2.45, 2.75) is 31.3 Å². The molecule has 2 atom stereocenters. The third-order valence-electron chi connectivity index (χ3n) is 11.3. The normalized spacial score (nSPS) is 18.7. The Morgan fingerprint density at radius 1 is 0.463 bits per heavy atom. The fraction of sp³-hybridized carbons (Fsp3) is 0.102. The fourth-order valence-electron chi connectivity index (χ4n) is 8.63. The highest BCUT2D eigenvalue weighted by atomic mass is 16.3. The lowest BCUT2D eigenvalue weighted by molar-refractivity contribution is 0.203. The third kappa shape index (κ3) is 5.20. The van der Waals surface area contributed by atoms with E-state index in [1.165, 1.54) is 38.4 Å². The smallest absolute Gasteiger partial charge is 0.143 e. The van der Waals surface area contributed by atoms with Crippen molar-refractivity contribution in [2.24, 2.45) is 0 Å². The van der Waals surface area contributed by atoms with Gasteiger partial charge in [-0.3, -0.25) is 16.0 Å². The predicted molar refractivity (Wildman–Crippen MR) is 219 cm³/mol. The van der Waals surface area contributed by atoms with Crippen LogP contribution in [0.4, 0.5) is 0 Å². The maximum atomic E-state index is 6.97. The largest absolute Gasteiger partial charge is 0.455 e. The molecule has 2 aromatic heterocycles. The Morgan fingerprint density at radius 3 is 1.93 bits per heavy atom. The Hall–Kier alpha value is -6.24. The number of nitrogens with one attached hydrogen (secondary N) is 3. The minimum Gasteiger partial charge on any atom is -0.455 e. The second kappa shape index (κ2) is 12.7. The van der Waals surface area contributed by atoms with Gasteiger partial charge >= 0.3 is 0 Å². The first kappa shape index (κ1) is 31.3. The maximum Gasteiger partial charge on any atom is 0.143 e. The minimum absolute atomic E-state index is 0.0261. The van der Waals surface area contributed by atoms with Crippen molar-refractivity contribution >= 4 is 55.3 Å².